The van der Waals surface area contributed by atoms with Gasteiger partial charge in [-0.15, -0.1) is 0 Å². The zero-order valence-corrected chi connectivity index (χ0v) is 15.1. The van der Waals surface area contributed by atoms with E-state index < -0.39 is 5.82 Å². The lowest BCUT2D eigenvalue weighted by molar-refractivity contribution is 0.0954. The molecule has 0 spiro atoms. The fourth-order valence-electron chi connectivity index (χ4n) is 2.29. The normalized spacial score (nSPS) is 10.4. The molecule has 6 nitrogen and oxygen atoms in total. The van der Waals surface area contributed by atoms with Gasteiger partial charge in [-0.25, -0.2) is 13.8 Å². The van der Waals surface area contributed by atoms with Gasteiger partial charge in [-0.1, -0.05) is 6.07 Å². The van der Waals surface area contributed by atoms with Crippen molar-refractivity contribution in [3.63, 3.8) is 0 Å². The van der Waals surface area contributed by atoms with Crippen LogP contribution in [0.25, 0.3) is 0 Å². The monoisotopic (exact) mass is 384 g/mol. The summed E-state index contributed by atoms with van der Waals surface area (Å²) in [5.41, 5.74) is 0.743. The van der Waals surface area contributed by atoms with E-state index in [0.717, 1.165) is 0 Å². The van der Waals surface area contributed by atoms with Crippen molar-refractivity contribution in [3.05, 3.63) is 77.5 Å². The Hall–Kier alpha value is -3.55. The second-order valence-corrected chi connectivity index (χ2v) is 5.92. The fourth-order valence-corrected chi connectivity index (χ4v) is 2.29. The number of anilines is 1. The molecule has 28 heavy (non-hydrogen) atoms. The summed E-state index contributed by atoms with van der Waals surface area (Å²) >= 11 is 0. The molecule has 1 aromatic heterocycles. The van der Waals surface area contributed by atoms with E-state index in [9.17, 15) is 13.6 Å². The van der Waals surface area contributed by atoms with Crippen LogP contribution in [0.3, 0.4) is 0 Å². The Bertz CT molecular complexity index is 965. The Kier molecular flexibility index (Phi) is 6.11. The van der Waals surface area contributed by atoms with Crippen molar-refractivity contribution in [3.8, 4) is 11.6 Å². The van der Waals surface area contributed by atoms with Gasteiger partial charge < -0.3 is 15.4 Å². The largest absolute Gasteiger partial charge is 0.439 e. The first kappa shape index (κ1) is 19.2. The van der Waals surface area contributed by atoms with Crippen LogP contribution in [0.4, 0.5) is 14.7 Å². The summed E-state index contributed by atoms with van der Waals surface area (Å²) < 4.78 is 32.0. The number of rotatable bonds is 7. The van der Waals surface area contributed by atoms with Crippen LogP contribution in [-0.4, -0.2) is 29.0 Å². The Morgan fingerprint density at radius 2 is 1.86 bits per heavy atom. The van der Waals surface area contributed by atoms with E-state index in [1.165, 1.54) is 36.5 Å². The average molecular weight is 384 g/mol. The van der Waals surface area contributed by atoms with Crippen molar-refractivity contribution in [2.24, 2.45) is 0 Å². The Labute approximate surface area is 160 Å². The number of nitrogens with one attached hydrogen (secondary N) is 2. The molecule has 0 aliphatic rings. The van der Waals surface area contributed by atoms with Crippen molar-refractivity contribution in [1.29, 1.82) is 0 Å². The third-order valence-electron chi connectivity index (χ3n) is 3.79. The van der Waals surface area contributed by atoms with E-state index >= 15 is 0 Å². The quantitative estimate of drug-likeness (QED) is 0.608. The van der Waals surface area contributed by atoms with Crippen molar-refractivity contribution in [1.82, 2.24) is 15.3 Å². The van der Waals surface area contributed by atoms with Gasteiger partial charge in [0.25, 0.3) is 5.91 Å². The van der Waals surface area contributed by atoms with Crippen LogP contribution in [-0.2, 0) is 0 Å². The molecular formula is C20H18F2N4O2. The lowest BCUT2D eigenvalue weighted by Crippen LogP contribution is -2.29. The first-order valence-corrected chi connectivity index (χ1v) is 8.56. The summed E-state index contributed by atoms with van der Waals surface area (Å²) in [5, 5.41) is 5.64. The number of aryl methyl sites for hydroxylation is 1. The Morgan fingerprint density at radius 1 is 1.07 bits per heavy atom. The summed E-state index contributed by atoms with van der Waals surface area (Å²) in [7, 11) is 0. The molecule has 2 N–H and O–H groups in total. The average Bonchev–Trinajstić information content (AvgIpc) is 2.69. The van der Waals surface area contributed by atoms with Crippen LogP contribution in [0.15, 0.2) is 54.7 Å². The van der Waals surface area contributed by atoms with Gasteiger partial charge in [-0.2, -0.15) is 4.98 Å². The first-order chi connectivity index (χ1) is 13.5. The van der Waals surface area contributed by atoms with Gasteiger partial charge in [0.1, 0.15) is 17.4 Å². The third-order valence-corrected chi connectivity index (χ3v) is 3.79. The van der Waals surface area contributed by atoms with E-state index in [0.29, 0.717) is 36.2 Å². The second kappa shape index (κ2) is 8.90. The maximum absolute atomic E-state index is 13.5. The number of halogens is 2. The number of carbonyl (C=O) groups is 1. The molecular weight excluding hydrogens is 366 g/mol. The fraction of sp³-hybridized carbons (Fsp3) is 0.150. The molecule has 2 aromatic carbocycles. The predicted octanol–water partition coefficient (Wildman–Crippen LogP) is 3.70. The topological polar surface area (TPSA) is 76.1 Å². The number of aromatic nitrogens is 2. The number of benzene rings is 2. The van der Waals surface area contributed by atoms with Gasteiger partial charge in [-0.3, -0.25) is 4.79 Å². The van der Waals surface area contributed by atoms with Crippen molar-refractivity contribution in [2.45, 2.75) is 6.92 Å². The van der Waals surface area contributed by atoms with Crippen molar-refractivity contribution >= 4 is 11.9 Å². The lowest BCUT2D eigenvalue weighted by Gasteiger charge is -2.09. The summed E-state index contributed by atoms with van der Waals surface area (Å²) in [6, 6.07) is 11.5. The molecule has 0 aliphatic carbocycles. The highest BCUT2D eigenvalue weighted by molar-refractivity contribution is 5.94. The van der Waals surface area contributed by atoms with Gasteiger partial charge in [0.2, 0.25) is 11.8 Å². The highest BCUT2D eigenvalue weighted by atomic mass is 19.1. The molecule has 8 heteroatoms. The standard InChI is InChI=1S/C20H18F2N4O2/c1-13-2-3-14(12-17(13)22)19(27)23-10-11-25-20-24-9-8-18(26-20)28-16-6-4-15(21)5-7-16/h2-9,12H,10-11H2,1H3,(H,23,27)(H,24,25,26). The van der Waals surface area contributed by atoms with Crippen LogP contribution < -0.4 is 15.4 Å². The molecule has 0 bridgehead atoms. The van der Waals surface area contributed by atoms with Gasteiger partial charge in [-0.05, 0) is 48.9 Å². The third kappa shape index (κ3) is 5.23. The van der Waals surface area contributed by atoms with Gasteiger partial charge in [0.05, 0.1) is 0 Å². The summed E-state index contributed by atoms with van der Waals surface area (Å²) in [4.78, 5) is 20.3. The molecule has 1 amide bonds. The molecule has 0 unspecified atom stereocenters. The number of nitrogens with zero attached hydrogens (tertiary/aromatic N) is 2. The summed E-state index contributed by atoms with van der Waals surface area (Å²) in [5.74, 6) is -0.0814. The van der Waals surface area contributed by atoms with Gasteiger partial charge in [0.15, 0.2) is 0 Å². The lowest BCUT2D eigenvalue weighted by atomic mass is 10.1. The number of hydrogen-bond acceptors (Lipinski definition) is 5. The molecule has 3 aromatic rings. The SMILES string of the molecule is Cc1ccc(C(=O)NCCNc2nccc(Oc3ccc(F)cc3)n2)cc1F. The second-order valence-electron chi connectivity index (χ2n) is 5.92. The number of hydrogen-bond donors (Lipinski definition) is 2. The smallest absolute Gasteiger partial charge is 0.251 e. The molecule has 1 heterocycles. The maximum atomic E-state index is 13.5. The minimum Gasteiger partial charge on any atom is -0.439 e. The van der Waals surface area contributed by atoms with E-state index in [1.54, 1.807) is 25.1 Å². The number of carbonyl (C=O) groups excluding carboxylic acids is 1. The molecule has 0 saturated heterocycles. The van der Waals surface area contributed by atoms with Crippen LogP contribution in [0, 0.1) is 18.6 Å². The number of ether oxygens (including phenoxy) is 1. The van der Waals surface area contributed by atoms with Crippen LogP contribution in [0.2, 0.25) is 0 Å². The molecule has 0 radical (unpaired) electrons. The van der Waals surface area contributed by atoms with Crippen molar-refractivity contribution < 1.29 is 18.3 Å². The van der Waals surface area contributed by atoms with Gasteiger partial charge >= 0.3 is 0 Å². The molecule has 144 valence electrons. The predicted molar refractivity (Wildman–Crippen MR) is 100 cm³/mol. The zero-order chi connectivity index (χ0) is 19.9. The van der Waals surface area contributed by atoms with E-state index in [4.69, 9.17) is 4.74 Å². The molecule has 3 rings (SSSR count). The highest BCUT2D eigenvalue weighted by Gasteiger charge is 2.08. The molecule has 0 atom stereocenters. The molecule has 0 saturated carbocycles. The van der Waals surface area contributed by atoms with E-state index in [-0.39, 0.29) is 17.3 Å². The van der Waals surface area contributed by atoms with Crippen LogP contribution in [0.5, 0.6) is 11.6 Å². The molecule has 0 fully saturated rings. The Balaban J connectivity index is 1.48. The van der Waals surface area contributed by atoms with Crippen molar-refractivity contribution in [2.75, 3.05) is 18.4 Å². The highest BCUT2D eigenvalue weighted by Crippen LogP contribution is 2.19. The van der Waals surface area contributed by atoms with Crippen LogP contribution >= 0.6 is 0 Å². The minimum absolute atomic E-state index is 0.258. The van der Waals surface area contributed by atoms with Gasteiger partial charge in [0, 0.05) is 30.9 Å². The zero-order valence-electron chi connectivity index (χ0n) is 15.1. The first-order valence-electron chi connectivity index (χ1n) is 8.56. The van der Waals surface area contributed by atoms with E-state index in [2.05, 4.69) is 20.6 Å². The number of amides is 1. The maximum Gasteiger partial charge on any atom is 0.251 e. The van der Waals surface area contributed by atoms with Crippen LogP contribution in [0.1, 0.15) is 15.9 Å². The summed E-state index contributed by atoms with van der Waals surface area (Å²) in [6.07, 6.45) is 1.52. The molecule has 0 aliphatic heterocycles. The van der Waals surface area contributed by atoms with E-state index in [1.807, 2.05) is 0 Å². The minimum atomic E-state index is -0.419. The summed E-state index contributed by atoms with van der Waals surface area (Å²) in [6.45, 7) is 2.29. The Morgan fingerprint density at radius 3 is 2.61 bits per heavy atom.